The maximum Gasteiger partial charge on any atom is 0.255 e. The fourth-order valence-electron chi connectivity index (χ4n) is 4.31. The van der Waals surface area contributed by atoms with Gasteiger partial charge in [0, 0.05) is 48.2 Å². The zero-order valence-electron chi connectivity index (χ0n) is 22.3. The maximum absolute atomic E-state index is 14.6. The highest BCUT2D eigenvalue weighted by atomic mass is 19.1. The Hall–Kier alpha value is -3.30. The Morgan fingerprint density at radius 3 is 2.82 bits per heavy atom. The summed E-state index contributed by atoms with van der Waals surface area (Å²) < 4.78 is 58.1. The predicted octanol–water partition coefficient (Wildman–Crippen LogP) is 2.00. The first-order chi connectivity index (χ1) is 18.0. The molecule has 1 atom stereocenters. The molecular weight excluding hydrogens is 441 g/mol. The summed E-state index contributed by atoms with van der Waals surface area (Å²) in [6.07, 6.45) is -6.01. The van der Waals surface area contributed by atoms with E-state index in [4.69, 9.17) is 15.0 Å². The van der Waals surface area contributed by atoms with Crippen molar-refractivity contribution in [2.45, 2.75) is 38.5 Å². The molecule has 2 saturated heterocycles. The van der Waals surface area contributed by atoms with Crippen molar-refractivity contribution in [3.8, 4) is 5.75 Å². The lowest BCUT2D eigenvalue weighted by Gasteiger charge is -2.29. The molecule has 9 heteroatoms. The van der Waals surface area contributed by atoms with E-state index in [0.717, 1.165) is 23.6 Å². The van der Waals surface area contributed by atoms with Gasteiger partial charge in [0.25, 0.3) is 5.91 Å². The average molecular weight is 472 g/mol. The number of carbonyl (C=O) groups excluding carboxylic acids is 3. The van der Waals surface area contributed by atoms with E-state index in [1.54, 1.807) is 24.3 Å². The Balaban J connectivity index is 1.35. The predicted molar refractivity (Wildman–Crippen MR) is 119 cm³/mol. The normalized spacial score (nSPS) is 25.6. The Labute approximate surface area is 202 Å². The molecule has 0 saturated carbocycles. The van der Waals surface area contributed by atoms with E-state index in [9.17, 15) is 18.8 Å². The minimum absolute atomic E-state index is 0.130. The first-order valence-electron chi connectivity index (χ1n) is 13.0. The van der Waals surface area contributed by atoms with Gasteiger partial charge < -0.3 is 14.4 Å². The van der Waals surface area contributed by atoms with Crippen molar-refractivity contribution in [2.75, 3.05) is 26.3 Å². The van der Waals surface area contributed by atoms with Crippen LogP contribution in [0.1, 0.15) is 45.3 Å². The number of morpholine rings is 1. The van der Waals surface area contributed by atoms with Gasteiger partial charge in [-0.05, 0) is 36.2 Å². The number of carbonyl (C=O) groups is 3. The van der Waals surface area contributed by atoms with Crippen LogP contribution in [0.15, 0.2) is 36.4 Å². The minimum atomic E-state index is -3.04. The second kappa shape index (κ2) is 9.52. The molecule has 2 aromatic rings. The lowest BCUT2D eigenvalue weighted by Crippen LogP contribution is -2.52. The van der Waals surface area contributed by atoms with Crippen LogP contribution in [-0.4, -0.2) is 59.9 Å². The average Bonchev–Trinajstić information content (AvgIpc) is 3.20. The van der Waals surface area contributed by atoms with Gasteiger partial charge in [-0.25, -0.2) is 4.39 Å². The van der Waals surface area contributed by atoms with E-state index in [-0.39, 0.29) is 24.5 Å². The molecule has 1 N–H and O–H groups in total. The summed E-state index contributed by atoms with van der Waals surface area (Å²) in [7, 11) is 0. The molecule has 1 unspecified atom stereocenters. The van der Waals surface area contributed by atoms with Gasteiger partial charge in [-0.2, -0.15) is 0 Å². The van der Waals surface area contributed by atoms with Crippen molar-refractivity contribution in [3.63, 3.8) is 0 Å². The number of nitrogens with zero attached hydrogens (tertiary/aromatic N) is 2. The first kappa shape index (κ1) is 18.1. The zero-order chi connectivity index (χ0) is 27.2. The Bertz CT molecular complexity index is 1300. The molecule has 34 heavy (non-hydrogen) atoms. The number of piperidine rings is 1. The van der Waals surface area contributed by atoms with Gasteiger partial charge in [-0.15, -0.1) is 0 Å². The van der Waals surface area contributed by atoms with Crippen LogP contribution in [0.4, 0.5) is 4.39 Å². The highest BCUT2D eigenvalue weighted by molar-refractivity contribution is 6.05. The molecule has 0 radical (unpaired) electrons. The fraction of sp³-hybridized carbons (Fsp3) is 0.400. The number of ether oxygens (including phenoxy) is 2. The molecule has 8 nitrogen and oxygen atoms in total. The summed E-state index contributed by atoms with van der Waals surface area (Å²) in [6, 6.07) is 7.58. The lowest BCUT2D eigenvalue weighted by atomic mass is 10.0. The largest absolute Gasteiger partial charge is 0.488 e. The second-order valence-corrected chi connectivity index (χ2v) is 8.31. The molecule has 2 fully saturated rings. The number of hydrogen-bond donors (Lipinski definition) is 1. The van der Waals surface area contributed by atoms with Gasteiger partial charge >= 0.3 is 0 Å². The number of hydrogen-bond acceptors (Lipinski definition) is 6. The van der Waals surface area contributed by atoms with Crippen LogP contribution in [0, 0.1) is 5.82 Å². The van der Waals surface area contributed by atoms with Crippen LogP contribution in [0.2, 0.25) is 0 Å². The standard InChI is InChI=1S/C25H26FN3O5/c26-20-5-4-16(13-28-8-10-33-11-9-28)12-17(20)15-34-22-3-1-2-18-19(22)14-29(25(18)32)21-6-7-23(30)27-24(21)31/h1-5,12,21H,6-11,13-15H2,(H,27,30,31)/i6D2,7D2. The smallest absolute Gasteiger partial charge is 0.255 e. The molecule has 3 aliphatic heterocycles. The summed E-state index contributed by atoms with van der Waals surface area (Å²) >= 11 is 0. The van der Waals surface area contributed by atoms with Crippen LogP contribution in [0.5, 0.6) is 5.75 Å². The molecule has 5 rings (SSSR count). The highest BCUT2D eigenvalue weighted by Gasteiger charge is 2.40. The fourth-order valence-corrected chi connectivity index (χ4v) is 4.31. The van der Waals surface area contributed by atoms with E-state index in [1.807, 2.05) is 5.32 Å². The topological polar surface area (TPSA) is 88.2 Å². The summed E-state index contributed by atoms with van der Waals surface area (Å²) in [6.45, 7) is 3.14. The van der Waals surface area contributed by atoms with E-state index in [2.05, 4.69) is 4.90 Å². The van der Waals surface area contributed by atoms with Crippen LogP contribution in [0.3, 0.4) is 0 Å². The first-order valence-corrected chi connectivity index (χ1v) is 11.0. The quantitative estimate of drug-likeness (QED) is 0.649. The van der Waals surface area contributed by atoms with Gasteiger partial charge in [0.05, 0.1) is 19.8 Å². The minimum Gasteiger partial charge on any atom is -0.488 e. The number of amides is 3. The van der Waals surface area contributed by atoms with Crippen molar-refractivity contribution in [1.82, 2.24) is 15.1 Å². The number of imide groups is 1. The SMILES string of the molecule is [2H]C1([2H])C(=O)NC(=O)C(N2Cc3c(OCc4cc(CN5CCOCC5)ccc4F)cccc3C2=O)C1([2H])[2H]. The van der Waals surface area contributed by atoms with Gasteiger partial charge in [-0.3, -0.25) is 24.6 Å². The maximum atomic E-state index is 14.6. The van der Waals surface area contributed by atoms with Crippen molar-refractivity contribution in [2.24, 2.45) is 0 Å². The van der Waals surface area contributed by atoms with E-state index in [1.165, 1.54) is 12.1 Å². The summed E-state index contributed by atoms with van der Waals surface area (Å²) in [5.41, 5.74) is 1.76. The molecule has 2 aromatic carbocycles. The van der Waals surface area contributed by atoms with E-state index in [0.29, 0.717) is 30.9 Å². The molecule has 0 aromatic heterocycles. The van der Waals surface area contributed by atoms with Crippen LogP contribution in [0.25, 0.3) is 0 Å². The van der Waals surface area contributed by atoms with Crippen LogP contribution >= 0.6 is 0 Å². The van der Waals surface area contributed by atoms with Gasteiger partial charge in [0.2, 0.25) is 11.8 Å². The highest BCUT2D eigenvalue weighted by Crippen LogP contribution is 2.34. The number of benzene rings is 2. The molecule has 0 spiro atoms. The monoisotopic (exact) mass is 471 g/mol. The number of nitrogens with one attached hydrogen (secondary N) is 1. The number of halogens is 1. The Kier molecular flexibility index (Phi) is 5.06. The molecule has 0 aliphatic carbocycles. The molecule has 178 valence electrons. The third kappa shape index (κ3) is 4.53. The lowest BCUT2D eigenvalue weighted by molar-refractivity contribution is -0.136. The zero-order valence-corrected chi connectivity index (χ0v) is 18.3. The Morgan fingerprint density at radius 1 is 1.18 bits per heavy atom. The van der Waals surface area contributed by atoms with E-state index < -0.39 is 42.3 Å². The summed E-state index contributed by atoms with van der Waals surface area (Å²) in [4.78, 5) is 40.8. The van der Waals surface area contributed by atoms with Crippen LogP contribution in [-0.2, 0) is 34.0 Å². The van der Waals surface area contributed by atoms with Crippen molar-refractivity contribution < 1.29 is 33.7 Å². The third-order valence-electron chi connectivity index (χ3n) is 6.08. The molecule has 0 bridgehead atoms. The number of rotatable bonds is 6. The van der Waals surface area contributed by atoms with Crippen molar-refractivity contribution in [3.05, 3.63) is 64.5 Å². The third-order valence-corrected chi connectivity index (χ3v) is 6.08. The Morgan fingerprint density at radius 2 is 2.00 bits per heavy atom. The van der Waals surface area contributed by atoms with Gasteiger partial charge in [0.1, 0.15) is 24.2 Å². The molecule has 3 heterocycles. The molecular formula is C25H26FN3O5. The van der Waals surface area contributed by atoms with Gasteiger partial charge in [-0.1, -0.05) is 12.1 Å². The van der Waals surface area contributed by atoms with Crippen LogP contribution < -0.4 is 10.1 Å². The summed E-state index contributed by atoms with van der Waals surface area (Å²) in [5, 5.41) is 1.83. The second-order valence-electron chi connectivity index (χ2n) is 8.31. The van der Waals surface area contributed by atoms with E-state index >= 15 is 0 Å². The van der Waals surface area contributed by atoms with Crippen molar-refractivity contribution >= 4 is 17.7 Å². The molecule has 3 aliphatic rings. The van der Waals surface area contributed by atoms with Gasteiger partial charge in [0.15, 0.2) is 0 Å². The summed E-state index contributed by atoms with van der Waals surface area (Å²) in [5.74, 6) is -3.38. The number of fused-ring (bicyclic) bond motifs is 1. The molecule has 3 amide bonds. The van der Waals surface area contributed by atoms with Crippen molar-refractivity contribution in [1.29, 1.82) is 0 Å².